The standard InChI is InChI=1S/C24H21ClN2O3S/c1-17-6-8-18(9-7-17)16-31(29,30)23-14-27(22-5-3-2-4-21(22)23)15-24(28)26-20-12-10-19(25)11-13-20/h2-14H,15-16H2,1H3,(H,26,28). The molecule has 0 bridgehead atoms. The Labute approximate surface area is 186 Å². The number of amides is 1. The molecule has 0 radical (unpaired) electrons. The number of carbonyl (C=O) groups excluding carboxylic acids is 1. The first-order valence-corrected chi connectivity index (χ1v) is 11.8. The average Bonchev–Trinajstić information content (AvgIpc) is 3.11. The molecule has 7 heteroatoms. The number of rotatable bonds is 6. The van der Waals surface area contributed by atoms with Crippen molar-refractivity contribution in [3.05, 3.63) is 95.1 Å². The fourth-order valence-corrected chi connectivity index (χ4v) is 5.17. The topological polar surface area (TPSA) is 68.2 Å². The van der Waals surface area contributed by atoms with E-state index in [1.165, 1.54) is 0 Å². The fourth-order valence-electron chi connectivity index (χ4n) is 3.46. The molecule has 0 saturated carbocycles. The van der Waals surface area contributed by atoms with E-state index in [9.17, 15) is 13.2 Å². The second-order valence-electron chi connectivity index (χ2n) is 7.44. The minimum atomic E-state index is -3.60. The van der Waals surface area contributed by atoms with Crippen LogP contribution in [0.5, 0.6) is 0 Å². The molecule has 0 unspecified atom stereocenters. The number of hydrogen-bond acceptors (Lipinski definition) is 3. The van der Waals surface area contributed by atoms with E-state index in [1.807, 2.05) is 43.3 Å². The number of aromatic nitrogens is 1. The van der Waals surface area contributed by atoms with Gasteiger partial charge in [-0.3, -0.25) is 4.79 Å². The van der Waals surface area contributed by atoms with Crippen molar-refractivity contribution < 1.29 is 13.2 Å². The zero-order valence-electron chi connectivity index (χ0n) is 16.9. The van der Waals surface area contributed by atoms with E-state index in [0.717, 1.165) is 11.1 Å². The van der Waals surface area contributed by atoms with Crippen LogP contribution in [0.3, 0.4) is 0 Å². The summed E-state index contributed by atoms with van der Waals surface area (Å²) in [6.45, 7) is 1.95. The fraction of sp³-hybridized carbons (Fsp3) is 0.125. The van der Waals surface area contributed by atoms with Crippen LogP contribution in [0.4, 0.5) is 5.69 Å². The summed E-state index contributed by atoms with van der Waals surface area (Å²) in [7, 11) is -3.60. The Morgan fingerprint density at radius 3 is 2.35 bits per heavy atom. The van der Waals surface area contributed by atoms with Gasteiger partial charge in [-0.2, -0.15) is 0 Å². The molecule has 4 aromatic rings. The molecular formula is C24H21ClN2O3S. The number of nitrogens with one attached hydrogen (secondary N) is 1. The van der Waals surface area contributed by atoms with Gasteiger partial charge in [0.25, 0.3) is 0 Å². The van der Waals surface area contributed by atoms with Crippen molar-refractivity contribution in [1.82, 2.24) is 4.57 Å². The van der Waals surface area contributed by atoms with Gasteiger partial charge in [-0.1, -0.05) is 59.6 Å². The lowest BCUT2D eigenvalue weighted by Gasteiger charge is -2.07. The molecule has 0 atom stereocenters. The van der Waals surface area contributed by atoms with E-state index in [0.29, 0.717) is 21.6 Å². The van der Waals surface area contributed by atoms with Gasteiger partial charge in [0.1, 0.15) is 6.54 Å². The van der Waals surface area contributed by atoms with Crippen molar-refractivity contribution in [1.29, 1.82) is 0 Å². The summed E-state index contributed by atoms with van der Waals surface area (Å²) in [6, 6.07) is 21.5. The van der Waals surface area contributed by atoms with Gasteiger partial charge < -0.3 is 9.88 Å². The summed E-state index contributed by atoms with van der Waals surface area (Å²) in [4.78, 5) is 12.8. The summed E-state index contributed by atoms with van der Waals surface area (Å²) < 4.78 is 28.1. The van der Waals surface area contributed by atoms with Crippen LogP contribution in [0.2, 0.25) is 5.02 Å². The number of halogens is 1. The molecule has 0 aliphatic carbocycles. The zero-order valence-corrected chi connectivity index (χ0v) is 18.5. The number of nitrogens with zero attached hydrogens (tertiary/aromatic N) is 1. The maximum atomic E-state index is 13.2. The van der Waals surface area contributed by atoms with Crippen molar-refractivity contribution in [2.45, 2.75) is 24.1 Å². The zero-order chi connectivity index (χ0) is 22.0. The molecule has 5 nitrogen and oxygen atoms in total. The predicted octanol–water partition coefficient (Wildman–Crippen LogP) is 5.22. The number of hydrogen-bond donors (Lipinski definition) is 1. The monoisotopic (exact) mass is 452 g/mol. The molecule has 1 heterocycles. The van der Waals surface area contributed by atoms with Gasteiger partial charge in [-0.25, -0.2) is 8.42 Å². The summed E-state index contributed by atoms with van der Waals surface area (Å²) in [6.07, 6.45) is 1.55. The molecule has 0 saturated heterocycles. The predicted molar refractivity (Wildman–Crippen MR) is 124 cm³/mol. The van der Waals surface area contributed by atoms with Crippen molar-refractivity contribution in [3.63, 3.8) is 0 Å². The lowest BCUT2D eigenvalue weighted by Crippen LogP contribution is -2.18. The number of carbonyl (C=O) groups is 1. The van der Waals surface area contributed by atoms with Crippen molar-refractivity contribution in [3.8, 4) is 0 Å². The van der Waals surface area contributed by atoms with Crippen LogP contribution in [0.1, 0.15) is 11.1 Å². The minimum absolute atomic E-state index is 0.0107. The highest BCUT2D eigenvalue weighted by atomic mass is 35.5. The van der Waals surface area contributed by atoms with Gasteiger partial charge in [0, 0.05) is 27.8 Å². The molecule has 1 N–H and O–H groups in total. The van der Waals surface area contributed by atoms with Crippen LogP contribution >= 0.6 is 11.6 Å². The molecule has 31 heavy (non-hydrogen) atoms. The minimum Gasteiger partial charge on any atom is -0.337 e. The highest BCUT2D eigenvalue weighted by molar-refractivity contribution is 7.90. The highest BCUT2D eigenvalue weighted by Gasteiger charge is 2.22. The van der Waals surface area contributed by atoms with E-state index in [2.05, 4.69) is 5.32 Å². The third kappa shape index (κ3) is 4.81. The first-order chi connectivity index (χ1) is 14.8. The Hall–Kier alpha value is -3.09. The molecular weight excluding hydrogens is 432 g/mol. The number of benzene rings is 3. The Bertz CT molecular complexity index is 1340. The second kappa shape index (κ2) is 8.57. The summed E-state index contributed by atoms with van der Waals surface area (Å²) in [5.74, 6) is -0.358. The van der Waals surface area contributed by atoms with E-state index in [4.69, 9.17) is 11.6 Å². The van der Waals surface area contributed by atoms with E-state index < -0.39 is 9.84 Å². The number of aryl methyl sites for hydroxylation is 1. The number of para-hydroxylation sites is 1. The lowest BCUT2D eigenvalue weighted by atomic mass is 10.2. The molecule has 1 aromatic heterocycles. The Morgan fingerprint density at radius 1 is 0.968 bits per heavy atom. The van der Waals surface area contributed by atoms with Crippen LogP contribution in [0.25, 0.3) is 10.9 Å². The molecule has 1 amide bonds. The quantitative estimate of drug-likeness (QED) is 0.436. The molecule has 3 aromatic carbocycles. The maximum absolute atomic E-state index is 13.2. The molecule has 0 aliphatic rings. The highest BCUT2D eigenvalue weighted by Crippen LogP contribution is 2.28. The van der Waals surface area contributed by atoms with Crippen LogP contribution in [-0.4, -0.2) is 18.9 Å². The maximum Gasteiger partial charge on any atom is 0.244 e. The Kier molecular flexibility index (Phi) is 5.85. The van der Waals surface area contributed by atoms with Gasteiger partial charge in [-0.15, -0.1) is 0 Å². The summed E-state index contributed by atoms with van der Waals surface area (Å²) in [5.41, 5.74) is 3.11. The molecule has 0 aliphatic heterocycles. The number of anilines is 1. The molecule has 0 spiro atoms. The van der Waals surface area contributed by atoms with E-state index >= 15 is 0 Å². The van der Waals surface area contributed by atoms with E-state index in [-0.39, 0.29) is 23.1 Å². The molecule has 4 rings (SSSR count). The van der Waals surface area contributed by atoms with Crippen LogP contribution in [0.15, 0.2) is 83.9 Å². The smallest absolute Gasteiger partial charge is 0.244 e. The Morgan fingerprint density at radius 2 is 1.65 bits per heavy atom. The van der Waals surface area contributed by atoms with Gasteiger partial charge in [-0.05, 0) is 42.8 Å². The van der Waals surface area contributed by atoms with Crippen molar-refractivity contribution >= 4 is 43.9 Å². The number of fused-ring (bicyclic) bond motifs is 1. The first kappa shape index (κ1) is 21.2. The van der Waals surface area contributed by atoms with Crippen molar-refractivity contribution in [2.24, 2.45) is 0 Å². The largest absolute Gasteiger partial charge is 0.337 e. The summed E-state index contributed by atoms with van der Waals surface area (Å²) in [5, 5.41) is 3.99. The average molecular weight is 453 g/mol. The molecule has 158 valence electrons. The molecule has 0 fully saturated rings. The second-order valence-corrected chi connectivity index (χ2v) is 9.83. The van der Waals surface area contributed by atoms with Gasteiger partial charge >= 0.3 is 0 Å². The van der Waals surface area contributed by atoms with Crippen LogP contribution in [0, 0.1) is 6.92 Å². The third-order valence-corrected chi connectivity index (χ3v) is 6.97. The van der Waals surface area contributed by atoms with Crippen LogP contribution in [-0.2, 0) is 26.9 Å². The normalized spacial score (nSPS) is 11.5. The van der Waals surface area contributed by atoms with Gasteiger partial charge in [0.05, 0.1) is 10.6 Å². The van der Waals surface area contributed by atoms with Gasteiger partial charge in [0.2, 0.25) is 5.91 Å². The SMILES string of the molecule is Cc1ccc(CS(=O)(=O)c2cn(CC(=O)Nc3ccc(Cl)cc3)c3ccccc23)cc1. The number of sulfone groups is 1. The van der Waals surface area contributed by atoms with Crippen LogP contribution < -0.4 is 5.32 Å². The van der Waals surface area contributed by atoms with Crippen molar-refractivity contribution in [2.75, 3.05) is 5.32 Å². The van der Waals surface area contributed by atoms with E-state index in [1.54, 1.807) is 47.2 Å². The third-order valence-electron chi connectivity index (χ3n) is 5.01. The lowest BCUT2D eigenvalue weighted by molar-refractivity contribution is -0.116. The summed E-state index contributed by atoms with van der Waals surface area (Å²) >= 11 is 5.88. The van der Waals surface area contributed by atoms with Gasteiger partial charge in [0.15, 0.2) is 9.84 Å². The first-order valence-electron chi connectivity index (χ1n) is 9.73. The Balaban J connectivity index is 1.63.